The SMILES string of the molecule is Cc1cc(CNC(=O)c2cc(Cl)sc2Cl)nc(N2CCOCC2)n1. The highest BCUT2D eigenvalue weighted by Crippen LogP contribution is 2.31. The van der Waals surface area contributed by atoms with E-state index < -0.39 is 0 Å². The van der Waals surface area contributed by atoms with Gasteiger partial charge in [-0.3, -0.25) is 4.79 Å². The Bertz CT molecular complexity index is 747. The van der Waals surface area contributed by atoms with Crippen molar-refractivity contribution in [2.24, 2.45) is 0 Å². The number of morpholine rings is 1. The van der Waals surface area contributed by atoms with Gasteiger partial charge in [-0.1, -0.05) is 23.2 Å². The number of nitrogens with zero attached hydrogens (tertiary/aromatic N) is 3. The van der Waals surface area contributed by atoms with E-state index in [-0.39, 0.29) is 5.91 Å². The fourth-order valence-corrected chi connectivity index (χ4v) is 3.83. The van der Waals surface area contributed by atoms with E-state index in [1.165, 1.54) is 11.3 Å². The molecule has 1 amide bonds. The molecule has 1 N–H and O–H groups in total. The molecule has 3 rings (SSSR count). The smallest absolute Gasteiger partial charge is 0.254 e. The van der Waals surface area contributed by atoms with Crippen LogP contribution in [0.3, 0.4) is 0 Å². The van der Waals surface area contributed by atoms with Crippen molar-refractivity contribution in [1.82, 2.24) is 15.3 Å². The van der Waals surface area contributed by atoms with Crippen LogP contribution in [0.4, 0.5) is 5.95 Å². The number of hydrogen-bond donors (Lipinski definition) is 1. The molecule has 3 heterocycles. The van der Waals surface area contributed by atoms with Crippen LogP contribution in [0, 0.1) is 6.92 Å². The van der Waals surface area contributed by atoms with Gasteiger partial charge in [0.1, 0.15) is 4.34 Å². The molecule has 128 valence electrons. The molecule has 0 saturated carbocycles. The standard InChI is InChI=1S/C15H16Cl2N4O2S/c1-9-6-10(20-15(19-9)21-2-4-23-5-3-21)8-18-14(22)11-7-12(16)24-13(11)17/h6-7H,2-5,8H2,1H3,(H,18,22). The van der Waals surface area contributed by atoms with Gasteiger partial charge in [0, 0.05) is 18.8 Å². The number of aromatic nitrogens is 2. The van der Waals surface area contributed by atoms with Crippen LogP contribution < -0.4 is 10.2 Å². The maximum atomic E-state index is 12.2. The van der Waals surface area contributed by atoms with E-state index >= 15 is 0 Å². The first-order valence-corrected chi connectivity index (χ1v) is 9.00. The van der Waals surface area contributed by atoms with Gasteiger partial charge in [0.05, 0.1) is 35.4 Å². The number of aryl methyl sites for hydroxylation is 1. The van der Waals surface area contributed by atoms with Gasteiger partial charge in [-0.25, -0.2) is 9.97 Å². The molecular weight excluding hydrogens is 371 g/mol. The average Bonchev–Trinajstić information content (AvgIpc) is 2.91. The van der Waals surface area contributed by atoms with E-state index in [0.29, 0.717) is 39.9 Å². The fourth-order valence-electron chi connectivity index (χ4n) is 2.37. The maximum absolute atomic E-state index is 12.2. The molecule has 24 heavy (non-hydrogen) atoms. The van der Waals surface area contributed by atoms with Crippen molar-refractivity contribution >= 4 is 46.4 Å². The molecule has 1 saturated heterocycles. The van der Waals surface area contributed by atoms with Gasteiger partial charge in [-0.05, 0) is 19.1 Å². The molecule has 0 atom stereocenters. The molecule has 1 aliphatic rings. The third-order valence-corrected chi connectivity index (χ3v) is 5.01. The monoisotopic (exact) mass is 386 g/mol. The summed E-state index contributed by atoms with van der Waals surface area (Å²) >= 11 is 13.0. The van der Waals surface area contributed by atoms with Crippen molar-refractivity contribution in [3.05, 3.63) is 37.8 Å². The summed E-state index contributed by atoms with van der Waals surface area (Å²) in [4.78, 5) is 23.3. The predicted molar refractivity (Wildman–Crippen MR) is 95.3 cm³/mol. The number of amides is 1. The van der Waals surface area contributed by atoms with E-state index in [9.17, 15) is 4.79 Å². The van der Waals surface area contributed by atoms with Crippen LogP contribution in [0.5, 0.6) is 0 Å². The van der Waals surface area contributed by atoms with E-state index in [1.54, 1.807) is 6.07 Å². The van der Waals surface area contributed by atoms with Gasteiger partial charge >= 0.3 is 0 Å². The number of carbonyl (C=O) groups excluding carboxylic acids is 1. The van der Waals surface area contributed by atoms with Crippen molar-refractivity contribution in [1.29, 1.82) is 0 Å². The normalized spacial score (nSPS) is 14.7. The number of hydrogen-bond acceptors (Lipinski definition) is 6. The number of rotatable bonds is 4. The molecular formula is C15H16Cl2N4O2S. The number of ether oxygens (including phenoxy) is 1. The van der Waals surface area contributed by atoms with Crippen LogP contribution in [-0.2, 0) is 11.3 Å². The van der Waals surface area contributed by atoms with Crippen LogP contribution in [0.1, 0.15) is 21.7 Å². The van der Waals surface area contributed by atoms with E-state index in [0.717, 1.165) is 24.5 Å². The second kappa shape index (κ2) is 7.65. The minimum absolute atomic E-state index is 0.271. The van der Waals surface area contributed by atoms with E-state index in [4.69, 9.17) is 27.9 Å². The number of carbonyl (C=O) groups is 1. The van der Waals surface area contributed by atoms with E-state index in [1.807, 2.05) is 13.0 Å². The molecule has 6 nitrogen and oxygen atoms in total. The van der Waals surface area contributed by atoms with Crippen LogP contribution in [0.2, 0.25) is 8.67 Å². The summed E-state index contributed by atoms with van der Waals surface area (Å²) in [5, 5.41) is 2.82. The summed E-state index contributed by atoms with van der Waals surface area (Å²) in [6, 6.07) is 3.42. The number of anilines is 1. The zero-order valence-corrected chi connectivity index (χ0v) is 15.3. The highest BCUT2D eigenvalue weighted by Gasteiger charge is 2.17. The lowest BCUT2D eigenvalue weighted by Gasteiger charge is -2.27. The minimum atomic E-state index is -0.271. The summed E-state index contributed by atoms with van der Waals surface area (Å²) in [5.74, 6) is 0.395. The Morgan fingerprint density at radius 3 is 2.75 bits per heavy atom. The van der Waals surface area contributed by atoms with Crippen LogP contribution >= 0.6 is 34.5 Å². The summed E-state index contributed by atoms with van der Waals surface area (Å²) < 4.78 is 6.21. The van der Waals surface area contributed by atoms with Crippen molar-refractivity contribution < 1.29 is 9.53 Å². The first kappa shape index (κ1) is 17.4. The molecule has 2 aromatic rings. The molecule has 0 spiro atoms. The van der Waals surface area contributed by atoms with Gasteiger partial charge in [0.25, 0.3) is 5.91 Å². The number of nitrogens with one attached hydrogen (secondary N) is 1. The molecule has 9 heteroatoms. The van der Waals surface area contributed by atoms with Gasteiger partial charge in [-0.2, -0.15) is 0 Å². The summed E-state index contributed by atoms with van der Waals surface area (Å²) in [5.41, 5.74) is 1.98. The summed E-state index contributed by atoms with van der Waals surface area (Å²) in [6.07, 6.45) is 0. The Labute approximate surface area is 153 Å². The Morgan fingerprint density at radius 1 is 1.33 bits per heavy atom. The Kier molecular flexibility index (Phi) is 5.55. The zero-order valence-electron chi connectivity index (χ0n) is 13.0. The Balaban J connectivity index is 1.69. The minimum Gasteiger partial charge on any atom is -0.378 e. The predicted octanol–water partition coefficient (Wildman–Crippen LogP) is 2.92. The molecule has 0 radical (unpaired) electrons. The van der Waals surface area contributed by atoms with Crippen LogP contribution in [0.15, 0.2) is 12.1 Å². The Morgan fingerprint density at radius 2 is 2.08 bits per heavy atom. The number of halogens is 2. The third kappa shape index (κ3) is 4.16. The lowest BCUT2D eigenvalue weighted by atomic mass is 10.3. The first-order valence-electron chi connectivity index (χ1n) is 7.43. The largest absolute Gasteiger partial charge is 0.378 e. The van der Waals surface area contributed by atoms with Crippen molar-refractivity contribution in [2.45, 2.75) is 13.5 Å². The quantitative estimate of drug-likeness (QED) is 0.874. The highest BCUT2D eigenvalue weighted by molar-refractivity contribution is 7.20. The molecule has 0 unspecified atom stereocenters. The molecule has 1 fully saturated rings. The fraction of sp³-hybridized carbons (Fsp3) is 0.400. The van der Waals surface area contributed by atoms with E-state index in [2.05, 4.69) is 20.2 Å². The molecule has 1 aliphatic heterocycles. The van der Waals surface area contributed by atoms with Crippen LogP contribution in [0.25, 0.3) is 0 Å². The van der Waals surface area contributed by atoms with Gasteiger partial charge < -0.3 is 15.0 Å². The average molecular weight is 387 g/mol. The molecule has 0 bridgehead atoms. The van der Waals surface area contributed by atoms with Crippen molar-refractivity contribution in [3.63, 3.8) is 0 Å². The molecule has 2 aromatic heterocycles. The van der Waals surface area contributed by atoms with Gasteiger partial charge in [-0.15, -0.1) is 11.3 Å². The van der Waals surface area contributed by atoms with Crippen molar-refractivity contribution in [3.8, 4) is 0 Å². The topological polar surface area (TPSA) is 67.4 Å². The summed E-state index contributed by atoms with van der Waals surface area (Å²) in [7, 11) is 0. The van der Waals surface area contributed by atoms with Crippen LogP contribution in [-0.4, -0.2) is 42.2 Å². The lowest BCUT2D eigenvalue weighted by molar-refractivity contribution is 0.0951. The summed E-state index contributed by atoms with van der Waals surface area (Å²) in [6.45, 7) is 5.06. The van der Waals surface area contributed by atoms with Gasteiger partial charge in [0.15, 0.2) is 0 Å². The Hall–Kier alpha value is -1.41. The second-order valence-electron chi connectivity index (χ2n) is 5.32. The zero-order chi connectivity index (χ0) is 17.1. The lowest BCUT2D eigenvalue weighted by Crippen LogP contribution is -2.37. The first-order chi connectivity index (χ1) is 11.5. The number of thiophene rings is 1. The highest BCUT2D eigenvalue weighted by atomic mass is 35.5. The third-order valence-electron chi connectivity index (χ3n) is 3.52. The maximum Gasteiger partial charge on any atom is 0.254 e. The second-order valence-corrected chi connectivity index (χ2v) is 7.61. The van der Waals surface area contributed by atoms with Gasteiger partial charge in [0.2, 0.25) is 5.95 Å². The molecule has 0 aromatic carbocycles. The van der Waals surface area contributed by atoms with Crippen molar-refractivity contribution in [2.75, 3.05) is 31.2 Å². The molecule has 0 aliphatic carbocycles.